The molecule has 1 atom stereocenters. The summed E-state index contributed by atoms with van der Waals surface area (Å²) in [6.07, 6.45) is 1.61. The number of nitrogens with one attached hydrogen (secondary N) is 1. The van der Waals surface area contributed by atoms with E-state index in [1.807, 2.05) is 30.3 Å². The van der Waals surface area contributed by atoms with E-state index >= 15 is 0 Å². The van der Waals surface area contributed by atoms with Crippen molar-refractivity contribution in [2.24, 2.45) is 0 Å². The van der Waals surface area contributed by atoms with Gasteiger partial charge in [-0.2, -0.15) is 4.98 Å². The Labute approximate surface area is 173 Å². The average Bonchev–Trinajstić information content (AvgIpc) is 3.45. The Kier molecular flexibility index (Phi) is 5.74. The van der Waals surface area contributed by atoms with Gasteiger partial charge in [0.15, 0.2) is 0 Å². The second-order valence-corrected chi connectivity index (χ2v) is 6.90. The first-order valence-electron chi connectivity index (χ1n) is 9.89. The van der Waals surface area contributed by atoms with E-state index in [4.69, 9.17) is 9.26 Å². The Morgan fingerprint density at radius 1 is 1.17 bits per heavy atom. The van der Waals surface area contributed by atoms with Gasteiger partial charge in [0.2, 0.25) is 11.7 Å². The monoisotopic (exact) mass is 406 g/mol. The predicted octanol–water partition coefficient (Wildman–Crippen LogP) is 4.28. The molecule has 3 aromatic rings. The number of anilines is 1. The van der Waals surface area contributed by atoms with E-state index < -0.39 is 0 Å². The molecule has 4 rings (SSSR count). The molecule has 8 nitrogen and oxygen atoms in total. The van der Waals surface area contributed by atoms with Gasteiger partial charge >= 0.3 is 12.0 Å². The van der Waals surface area contributed by atoms with E-state index in [9.17, 15) is 9.59 Å². The highest BCUT2D eigenvalue weighted by molar-refractivity contribution is 5.92. The van der Waals surface area contributed by atoms with Crippen LogP contribution >= 0.6 is 0 Å². The molecule has 0 unspecified atom stereocenters. The van der Waals surface area contributed by atoms with Crippen molar-refractivity contribution >= 4 is 17.7 Å². The molecule has 8 heteroatoms. The maximum atomic E-state index is 12.8. The van der Waals surface area contributed by atoms with Gasteiger partial charge in [0.25, 0.3) is 0 Å². The Morgan fingerprint density at radius 3 is 2.67 bits per heavy atom. The Balaban J connectivity index is 1.44. The fourth-order valence-corrected chi connectivity index (χ4v) is 3.44. The summed E-state index contributed by atoms with van der Waals surface area (Å²) in [6, 6.07) is 15.6. The second kappa shape index (κ2) is 8.77. The standard InChI is InChI=1S/C22H22N4O4/c1-2-29-21(27)16-10-12-17(13-11-16)23-22(28)26-14-6-9-18(26)20-24-19(25-30-20)15-7-4-3-5-8-15/h3-5,7-8,10-13,18H,2,6,9,14H2,1H3,(H,23,28)/t18-/m0/s1. The number of rotatable bonds is 5. The Morgan fingerprint density at radius 2 is 1.93 bits per heavy atom. The maximum Gasteiger partial charge on any atom is 0.338 e. The molecule has 1 N–H and O–H groups in total. The molecule has 0 radical (unpaired) electrons. The summed E-state index contributed by atoms with van der Waals surface area (Å²) in [5.74, 6) is 0.548. The summed E-state index contributed by atoms with van der Waals surface area (Å²) in [5.41, 5.74) is 1.89. The van der Waals surface area contributed by atoms with Gasteiger partial charge in [-0.15, -0.1) is 0 Å². The number of benzene rings is 2. The van der Waals surface area contributed by atoms with Crippen molar-refractivity contribution in [2.75, 3.05) is 18.5 Å². The van der Waals surface area contributed by atoms with Gasteiger partial charge in [-0.25, -0.2) is 9.59 Å². The van der Waals surface area contributed by atoms with Gasteiger partial charge in [-0.05, 0) is 44.0 Å². The molecule has 2 aromatic carbocycles. The van der Waals surface area contributed by atoms with Gasteiger partial charge in [0.05, 0.1) is 12.2 Å². The van der Waals surface area contributed by atoms with Crippen molar-refractivity contribution < 1.29 is 18.8 Å². The highest BCUT2D eigenvalue weighted by atomic mass is 16.5. The minimum Gasteiger partial charge on any atom is -0.462 e. The van der Waals surface area contributed by atoms with Crippen LogP contribution in [0.3, 0.4) is 0 Å². The molecule has 1 aliphatic rings. The molecule has 1 aliphatic heterocycles. The fraction of sp³-hybridized carbons (Fsp3) is 0.273. The van der Waals surface area contributed by atoms with Gasteiger partial charge in [-0.3, -0.25) is 0 Å². The number of amides is 2. The number of aromatic nitrogens is 2. The van der Waals surface area contributed by atoms with Crippen LogP contribution in [0, 0.1) is 0 Å². The zero-order valence-corrected chi connectivity index (χ0v) is 16.6. The van der Waals surface area contributed by atoms with Crippen LogP contribution in [0.25, 0.3) is 11.4 Å². The number of esters is 1. The largest absolute Gasteiger partial charge is 0.462 e. The molecule has 2 amide bonds. The number of hydrogen-bond donors (Lipinski definition) is 1. The van der Waals surface area contributed by atoms with Crippen molar-refractivity contribution in [3.8, 4) is 11.4 Å². The van der Waals surface area contributed by atoms with E-state index in [0.29, 0.717) is 36.1 Å². The number of nitrogens with zero attached hydrogens (tertiary/aromatic N) is 3. The van der Waals surface area contributed by atoms with Gasteiger partial charge in [0.1, 0.15) is 6.04 Å². The molecule has 1 aromatic heterocycles. The summed E-state index contributed by atoms with van der Waals surface area (Å²) in [6.45, 7) is 2.67. The number of carbonyl (C=O) groups is 2. The highest BCUT2D eigenvalue weighted by Crippen LogP contribution is 2.32. The van der Waals surface area contributed by atoms with Gasteiger partial charge in [-0.1, -0.05) is 35.5 Å². The molecule has 2 heterocycles. The smallest absolute Gasteiger partial charge is 0.338 e. The molecule has 0 bridgehead atoms. The normalized spacial score (nSPS) is 15.8. The number of likely N-dealkylation sites (tertiary alicyclic amines) is 1. The topological polar surface area (TPSA) is 97.6 Å². The van der Waals surface area contributed by atoms with Crippen LogP contribution in [0.4, 0.5) is 10.5 Å². The first-order chi connectivity index (χ1) is 14.7. The minimum atomic E-state index is -0.388. The molecule has 0 spiro atoms. The van der Waals surface area contributed by atoms with E-state index in [2.05, 4.69) is 15.5 Å². The van der Waals surface area contributed by atoms with Crippen molar-refractivity contribution in [1.82, 2.24) is 15.0 Å². The van der Waals surface area contributed by atoms with E-state index in [1.165, 1.54) is 0 Å². The number of ether oxygens (including phenoxy) is 1. The molecule has 1 fully saturated rings. The van der Waals surface area contributed by atoms with Crippen LogP contribution in [-0.4, -0.2) is 40.2 Å². The number of carbonyl (C=O) groups excluding carboxylic acids is 2. The van der Waals surface area contributed by atoms with E-state index in [-0.39, 0.29) is 18.0 Å². The predicted molar refractivity (Wildman–Crippen MR) is 110 cm³/mol. The summed E-state index contributed by atoms with van der Waals surface area (Å²) in [5, 5.41) is 6.93. The van der Waals surface area contributed by atoms with Crippen molar-refractivity contribution in [3.63, 3.8) is 0 Å². The quantitative estimate of drug-likeness (QED) is 0.635. The molecule has 1 saturated heterocycles. The van der Waals surface area contributed by atoms with Crippen LogP contribution in [0.1, 0.15) is 42.1 Å². The molecular weight excluding hydrogens is 384 g/mol. The third kappa shape index (κ3) is 4.17. The molecule has 0 saturated carbocycles. The summed E-state index contributed by atoms with van der Waals surface area (Å²) >= 11 is 0. The highest BCUT2D eigenvalue weighted by Gasteiger charge is 2.34. The SMILES string of the molecule is CCOC(=O)c1ccc(NC(=O)N2CCC[C@H]2c2nc(-c3ccccc3)no2)cc1. The number of urea groups is 1. The fourth-order valence-electron chi connectivity index (χ4n) is 3.44. The average molecular weight is 406 g/mol. The minimum absolute atomic E-state index is 0.249. The van der Waals surface area contributed by atoms with Crippen LogP contribution in [0.2, 0.25) is 0 Å². The zero-order valence-electron chi connectivity index (χ0n) is 16.6. The van der Waals surface area contributed by atoms with Crippen LogP contribution in [0.5, 0.6) is 0 Å². The lowest BCUT2D eigenvalue weighted by molar-refractivity contribution is 0.0526. The van der Waals surface area contributed by atoms with Crippen LogP contribution in [-0.2, 0) is 4.74 Å². The van der Waals surface area contributed by atoms with Crippen molar-refractivity contribution in [3.05, 3.63) is 66.1 Å². The molecular formula is C22H22N4O4. The lowest BCUT2D eigenvalue weighted by atomic mass is 10.2. The summed E-state index contributed by atoms with van der Waals surface area (Å²) in [4.78, 5) is 30.8. The van der Waals surface area contributed by atoms with E-state index in [0.717, 1.165) is 18.4 Å². The third-order valence-corrected chi connectivity index (χ3v) is 4.92. The van der Waals surface area contributed by atoms with E-state index in [1.54, 1.807) is 36.1 Å². The Bertz CT molecular complexity index is 1020. The van der Waals surface area contributed by atoms with Crippen LogP contribution < -0.4 is 5.32 Å². The van der Waals surface area contributed by atoms with Crippen LogP contribution in [0.15, 0.2) is 59.1 Å². The van der Waals surface area contributed by atoms with Gasteiger partial charge < -0.3 is 19.5 Å². The Hall–Kier alpha value is -3.68. The molecule has 0 aliphatic carbocycles. The van der Waals surface area contributed by atoms with Crippen molar-refractivity contribution in [2.45, 2.75) is 25.8 Å². The molecule has 154 valence electrons. The first-order valence-corrected chi connectivity index (χ1v) is 9.89. The summed E-state index contributed by atoms with van der Waals surface area (Å²) < 4.78 is 10.4. The second-order valence-electron chi connectivity index (χ2n) is 6.90. The van der Waals surface area contributed by atoms with Gasteiger partial charge in [0, 0.05) is 17.8 Å². The zero-order chi connectivity index (χ0) is 20.9. The third-order valence-electron chi connectivity index (χ3n) is 4.92. The molecule has 30 heavy (non-hydrogen) atoms. The summed E-state index contributed by atoms with van der Waals surface area (Å²) in [7, 11) is 0. The van der Waals surface area contributed by atoms with Crippen molar-refractivity contribution in [1.29, 1.82) is 0 Å². The lowest BCUT2D eigenvalue weighted by Gasteiger charge is -2.22. The first kappa shape index (κ1) is 19.6. The number of hydrogen-bond acceptors (Lipinski definition) is 6. The maximum absolute atomic E-state index is 12.8. The lowest BCUT2D eigenvalue weighted by Crippen LogP contribution is -2.34.